The molecule has 1 aromatic rings. The van der Waals surface area contributed by atoms with Gasteiger partial charge in [-0.3, -0.25) is 5.01 Å². The number of nitrogens with zero attached hydrogens (tertiary/aromatic N) is 2. The van der Waals surface area contributed by atoms with Crippen molar-refractivity contribution in [3.05, 3.63) is 35.9 Å². The van der Waals surface area contributed by atoms with E-state index in [0.29, 0.717) is 13.1 Å². The SMILES string of the molecule is OCCN(CCO)/N=C\c1ccccc1. The largest absolute Gasteiger partial charge is 0.394 e. The van der Waals surface area contributed by atoms with Gasteiger partial charge in [-0.15, -0.1) is 0 Å². The van der Waals surface area contributed by atoms with E-state index in [9.17, 15) is 0 Å². The van der Waals surface area contributed by atoms with Crippen LogP contribution in [0.3, 0.4) is 0 Å². The fourth-order valence-electron chi connectivity index (χ4n) is 1.15. The lowest BCUT2D eigenvalue weighted by molar-refractivity contribution is 0.166. The summed E-state index contributed by atoms with van der Waals surface area (Å²) in [6.07, 6.45) is 1.71. The maximum atomic E-state index is 8.76. The summed E-state index contributed by atoms with van der Waals surface area (Å²) in [5, 5.41) is 23.3. The Morgan fingerprint density at radius 2 is 1.67 bits per heavy atom. The van der Waals surface area contributed by atoms with Crippen molar-refractivity contribution >= 4 is 6.21 Å². The normalized spacial score (nSPS) is 10.8. The highest BCUT2D eigenvalue weighted by Gasteiger charge is 1.97. The van der Waals surface area contributed by atoms with Crippen LogP contribution in [0, 0.1) is 0 Å². The van der Waals surface area contributed by atoms with Gasteiger partial charge in [-0.2, -0.15) is 5.10 Å². The summed E-state index contributed by atoms with van der Waals surface area (Å²) in [5.41, 5.74) is 0.998. The van der Waals surface area contributed by atoms with E-state index in [0.717, 1.165) is 5.56 Å². The standard InChI is InChI=1S/C11H16N2O2/c14-8-6-13(7-9-15)12-10-11-4-2-1-3-5-11/h1-5,10,14-15H,6-9H2/b12-10-. The second kappa shape index (κ2) is 6.98. The third-order valence-corrected chi connectivity index (χ3v) is 1.89. The summed E-state index contributed by atoms with van der Waals surface area (Å²) in [4.78, 5) is 0. The Morgan fingerprint density at radius 3 is 2.20 bits per heavy atom. The fraction of sp³-hybridized carbons (Fsp3) is 0.364. The van der Waals surface area contributed by atoms with Crippen molar-refractivity contribution in [3.8, 4) is 0 Å². The first-order valence-corrected chi connectivity index (χ1v) is 4.92. The predicted molar refractivity (Wildman–Crippen MR) is 59.8 cm³/mol. The molecule has 4 nitrogen and oxygen atoms in total. The van der Waals surface area contributed by atoms with Crippen LogP contribution >= 0.6 is 0 Å². The molecule has 1 aromatic carbocycles. The monoisotopic (exact) mass is 208 g/mol. The Kier molecular flexibility index (Phi) is 5.43. The molecule has 0 saturated carbocycles. The minimum absolute atomic E-state index is 0.0339. The average molecular weight is 208 g/mol. The molecule has 0 fully saturated rings. The molecule has 0 aliphatic carbocycles. The molecule has 0 radical (unpaired) electrons. The van der Waals surface area contributed by atoms with Crippen molar-refractivity contribution in [1.29, 1.82) is 0 Å². The number of benzene rings is 1. The highest BCUT2D eigenvalue weighted by molar-refractivity contribution is 5.79. The Morgan fingerprint density at radius 1 is 1.07 bits per heavy atom. The van der Waals surface area contributed by atoms with Gasteiger partial charge in [0.1, 0.15) is 0 Å². The van der Waals surface area contributed by atoms with Crippen molar-refractivity contribution in [2.24, 2.45) is 5.10 Å². The van der Waals surface area contributed by atoms with E-state index in [2.05, 4.69) is 5.10 Å². The van der Waals surface area contributed by atoms with E-state index in [1.807, 2.05) is 30.3 Å². The number of rotatable bonds is 6. The molecule has 0 aliphatic heterocycles. The predicted octanol–water partition coefficient (Wildman–Crippen LogP) is 0.307. The van der Waals surface area contributed by atoms with Gasteiger partial charge in [-0.05, 0) is 5.56 Å². The van der Waals surface area contributed by atoms with Crippen LogP contribution in [0.1, 0.15) is 5.56 Å². The summed E-state index contributed by atoms with van der Waals surface area (Å²) < 4.78 is 0. The Balaban J connectivity index is 2.53. The molecule has 2 N–H and O–H groups in total. The second-order valence-corrected chi connectivity index (χ2v) is 3.06. The van der Waals surface area contributed by atoms with E-state index >= 15 is 0 Å². The summed E-state index contributed by atoms with van der Waals surface area (Å²) in [5.74, 6) is 0. The zero-order chi connectivity index (χ0) is 10.9. The first-order chi connectivity index (χ1) is 7.36. The summed E-state index contributed by atoms with van der Waals surface area (Å²) in [6.45, 7) is 0.937. The van der Waals surface area contributed by atoms with Crippen molar-refractivity contribution in [2.45, 2.75) is 0 Å². The number of aliphatic hydroxyl groups excluding tert-OH is 2. The smallest absolute Gasteiger partial charge is 0.0623 e. The van der Waals surface area contributed by atoms with Crippen LogP contribution in [0.25, 0.3) is 0 Å². The van der Waals surface area contributed by atoms with E-state index in [-0.39, 0.29) is 13.2 Å². The lowest BCUT2D eigenvalue weighted by Gasteiger charge is -2.15. The molecule has 82 valence electrons. The van der Waals surface area contributed by atoms with Gasteiger partial charge in [-0.1, -0.05) is 30.3 Å². The third kappa shape index (κ3) is 4.58. The van der Waals surface area contributed by atoms with E-state index in [1.54, 1.807) is 11.2 Å². The van der Waals surface area contributed by atoms with Crippen LogP contribution in [0.2, 0.25) is 0 Å². The van der Waals surface area contributed by atoms with Gasteiger partial charge in [0.25, 0.3) is 0 Å². The molecule has 0 spiro atoms. The lowest BCUT2D eigenvalue weighted by atomic mass is 10.2. The van der Waals surface area contributed by atoms with Gasteiger partial charge in [0.05, 0.1) is 32.5 Å². The van der Waals surface area contributed by atoms with Gasteiger partial charge in [-0.25, -0.2) is 0 Å². The molecule has 4 heteroatoms. The third-order valence-electron chi connectivity index (χ3n) is 1.89. The maximum Gasteiger partial charge on any atom is 0.0623 e. The number of hydrogen-bond acceptors (Lipinski definition) is 4. The molecule has 0 aliphatic rings. The fourth-order valence-corrected chi connectivity index (χ4v) is 1.15. The summed E-state index contributed by atoms with van der Waals surface area (Å²) >= 11 is 0. The molecule has 0 unspecified atom stereocenters. The average Bonchev–Trinajstić information content (AvgIpc) is 2.28. The molecule has 0 atom stereocenters. The van der Waals surface area contributed by atoms with Crippen LogP contribution in [0.15, 0.2) is 35.4 Å². The van der Waals surface area contributed by atoms with Gasteiger partial charge in [0.2, 0.25) is 0 Å². The van der Waals surface area contributed by atoms with Gasteiger partial charge >= 0.3 is 0 Å². The topological polar surface area (TPSA) is 56.1 Å². The summed E-state index contributed by atoms with van der Waals surface area (Å²) in [6, 6.07) is 9.70. The van der Waals surface area contributed by atoms with Gasteiger partial charge in [0.15, 0.2) is 0 Å². The molecule has 0 amide bonds. The van der Waals surface area contributed by atoms with Crippen molar-refractivity contribution in [3.63, 3.8) is 0 Å². The van der Waals surface area contributed by atoms with Crippen molar-refractivity contribution in [2.75, 3.05) is 26.3 Å². The summed E-state index contributed by atoms with van der Waals surface area (Å²) in [7, 11) is 0. The first-order valence-electron chi connectivity index (χ1n) is 4.92. The molecule has 1 rings (SSSR count). The minimum Gasteiger partial charge on any atom is -0.394 e. The van der Waals surface area contributed by atoms with E-state index in [4.69, 9.17) is 10.2 Å². The molecular formula is C11H16N2O2. The molecule has 0 heterocycles. The molecule has 15 heavy (non-hydrogen) atoms. The molecule has 0 bridgehead atoms. The minimum atomic E-state index is 0.0339. The lowest BCUT2D eigenvalue weighted by Crippen LogP contribution is -2.24. The van der Waals surface area contributed by atoms with Crippen molar-refractivity contribution in [1.82, 2.24) is 5.01 Å². The zero-order valence-corrected chi connectivity index (χ0v) is 8.58. The van der Waals surface area contributed by atoms with Gasteiger partial charge < -0.3 is 10.2 Å². The van der Waals surface area contributed by atoms with Crippen LogP contribution in [-0.4, -0.2) is 47.7 Å². The molecule has 0 saturated heterocycles. The van der Waals surface area contributed by atoms with Crippen LogP contribution in [0.4, 0.5) is 0 Å². The highest BCUT2D eigenvalue weighted by atomic mass is 16.3. The Bertz CT molecular complexity index is 282. The van der Waals surface area contributed by atoms with Crippen LogP contribution in [0.5, 0.6) is 0 Å². The first kappa shape index (κ1) is 11.7. The quantitative estimate of drug-likeness (QED) is 0.522. The Labute approximate surface area is 89.5 Å². The molecule has 0 aromatic heterocycles. The van der Waals surface area contributed by atoms with Crippen LogP contribution in [-0.2, 0) is 0 Å². The van der Waals surface area contributed by atoms with E-state index in [1.165, 1.54) is 0 Å². The molecular weight excluding hydrogens is 192 g/mol. The highest BCUT2D eigenvalue weighted by Crippen LogP contribution is 1.95. The van der Waals surface area contributed by atoms with E-state index < -0.39 is 0 Å². The van der Waals surface area contributed by atoms with Crippen LogP contribution < -0.4 is 0 Å². The second-order valence-electron chi connectivity index (χ2n) is 3.06. The maximum absolute atomic E-state index is 8.76. The Hall–Kier alpha value is -1.39. The van der Waals surface area contributed by atoms with Crippen molar-refractivity contribution < 1.29 is 10.2 Å². The number of hydrogen-bond donors (Lipinski definition) is 2. The zero-order valence-electron chi connectivity index (χ0n) is 8.58. The van der Waals surface area contributed by atoms with Gasteiger partial charge in [0, 0.05) is 0 Å². The number of aliphatic hydroxyl groups is 2. The number of hydrazone groups is 1.